The molecule has 6 nitrogen and oxygen atoms in total. The van der Waals surface area contributed by atoms with Crippen molar-refractivity contribution in [2.24, 2.45) is 10.7 Å². The van der Waals surface area contributed by atoms with E-state index < -0.39 is 5.97 Å². The Balaban J connectivity index is 2.24. The van der Waals surface area contributed by atoms with E-state index in [2.05, 4.69) is 25.8 Å². The molecule has 32 heavy (non-hydrogen) atoms. The first-order valence-electron chi connectivity index (χ1n) is 10.8. The quantitative estimate of drug-likeness (QED) is 0.441. The van der Waals surface area contributed by atoms with Crippen LogP contribution in [0, 0.1) is 6.92 Å². The smallest absolute Gasteiger partial charge is 0.317 e. The van der Waals surface area contributed by atoms with Crippen molar-refractivity contribution in [2.45, 2.75) is 47.1 Å². The maximum Gasteiger partial charge on any atom is 0.317 e. The number of nitrogens with two attached hydrogens (primary N) is 1. The van der Waals surface area contributed by atoms with Crippen LogP contribution in [-0.2, 0) is 11.3 Å². The van der Waals surface area contributed by atoms with Gasteiger partial charge in [-0.15, -0.1) is 0 Å². The van der Waals surface area contributed by atoms with Crippen molar-refractivity contribution in [1.29, 1.82) is 0 Å². The Bertz CT molecular complexity index is 1050. The molecule has 0 fully saturated rings. The maximum absolute atomic E-state index is 12.8. The minimum atomic E-state index is -0.886. The van der Waals surface area contributed by atoms with Gasteiger partial charge in [0.1, 0.15) is 5.84 Å². The second-order valence-electron chi connectivity index (χ2n) is 8.06. The summed E-state index contributed by atoms with van der Waals surface area (Å²) in [6.07, 6.45) is 1.94. The zero-order valence-corrected chi connectivity index (χ0v) is 19.6. The molecule has 1 amide bonds. The predicted octanol–water partition coefficient (Wildman–Crippen LogP) is 4.65. The zero-order chi connectivity index (χ0) is 23.8. The number of aliphatic imine (C=N–C) groups is 1. The van der Waals surface area contributed by atoms with Gasteiger partial charge in [-0.25, -0.2) is 0 Å². The van der Waals surface area contributed by atoms with E-state index in [1.54, 1.807) is 24.1 Å². The first kappa shape index (κ1) is 25.0. The molecule has 2 aromatic carbocycles. The molecule has 0 atom stereocenters. The van der Waals surface area contributed by atoms with Crippen LogP contribution in [0.2, 0.25) is 0 Å². The number of likely N-dealkylation sites (N-methyl/N-ethyl adjacent to an activating group) is 1. The van der Waals surface area contributed by atoms with E-state index in [9.17, 15) is 9.59 Å². The lowest BCUT2D eigenvalue weighted by atomic mass is 9.92. The first-order valence-corrected chi connectivity index (χ1v) is 10.8. The molecular weight excluding hydrogens is 402 g/mol. The Labute approximate surface area is 190 Å². The summed E-state index contributed by atoms with van der Waals surface area (Å²) in [5.74, 6) is -1.14. The number of nitrogens with zero attached hydrogens (tertiary/aromatic N) is 2. The highest BCUT2D eigenvalue weighted by Gasteiger charge is 2.12. The number of hydrogen-bond donors (Lipinski definition) is 2. The molecule has 2 aromatic rings. The summed E-state index contributed by atoms with van der Waals surface area (Å²) in [7, 11) is 1.73. The first-order chi connectivity index (χ1) is 15.2. The number of carboxylic acid groups (broad SMARTS) is 1. The Morgan fingerprint density at radius 1 is 1.06 bits per heavy atom. The van der Waals surface area contributed by atoms with Crippen molar-refractivity contribution in [3.8, 4) is 0 Å². The number of rotatable bonds is 9. The summed E-state index contributed by atoms with van der Waals surface area (Å²) in [6.45, 7) is 8.84. The number of aryl methyl sites for hydroxylation is 1. The topological polar surface area (TPSA) is 96.0 Å². The van der Waals surface area contributed by atoms with Crippen LogP contribution in [0.3, 0.4) is 0 Å². The van der Waals surface area contributed by atoms with E-state index >= 15 is 0 Å². The van der Waals surface area contributed by atoms with Crippen LogP contribution in [0.1, 0.15) is 66.2 Å². The molecule has 0 saturated heterocycles. The van der Waals surface area contributed by atoms with Gasteiger partial charge in [0, 0.05) is 17.7 Å². The van der Waals surface area contributed by atoms with Crippen molar-refractivity contribution in [1.82, 2.24) is 4.90 Å². The van der Waals surface area contributed by atoms with E-state index in [4.69, 9.17) is 10.8 Å². The van der Waals surface area contributed by atoms with Crippen molar-refractivity contribution >= 4 is 23.3 Å². The van der Waals surface area contributed by atoms with Crippen LogP contribution in [-0.4, -0.2) is 41.3 Å². The van der Waals surface area contributed by atoms with Crippen molar-refractivity contribution in [3.63, 3.8) is 0 Å². The van der Waals surface area contributed by atoms with Crippen LogP contribution < -0.4 is 5.73 Å². The lowest BCUT2D eigenvalue weighted by Gasteiger charge is -2.14. The van der Waals surface area contributed by atoms with E-state index in [0.717, 1.165) is 24.0 Å². The molecule has 2 rings (SSSR count). The van der Waals surface area contributed by atoms with Crippen LogP contribution in [0.5, 0.6) is 0 Å². The number of carboxylic acids is 1. The number of benzene rings is 2. The molecule has 170 valence electrons. The van der Waals surface area contributed by atoms with Crippen LogP contribution in [0.4, 0.5) is 0 Å². The van der Waals surface area contributed by atoms with Gasteiger partial charge < -0.3 is 10.8 Å². The normalized spacial score (nSPS) is 12.6. The lowest BCUT2D eigenvalue weighted by molar-refractivity contribution is -0.138. The molecule has 3 N–H and O–H groups in total. The third-order valence-corrected chi connectivity index (χ3v) is 5.50. The van der Waals surface area contributed by atoms with Crippen molar-refractivity contribution < 1.29 is 14.7 Å². The van der Waals surface area contributed by atoms with E-state index in [-0.39, 0.29) is 18.3 Å². The fourth-order valence-corrected chi connectivity index (χ4v) is 3.74. The Hall–Kier alpha value is -3.25. The van der Waals surface area contributed by atoms with Gasteiger partial charge in [-0.2, -0.15) is 4.99 Å². The molecule has 0 aliphatic rings. The fraction of sp³-hybridized carbons (Fsp3) is 0.346. The number of carbonyl (C=O) groups excluding carboxylic acids is 1. The molecule has 0 unspecified atom stereocenters. The summed E-state index contributed by atoms with van der Waals surface area (Å²) >= 11 is 0. The highest BCUT2D eigenvalue weighted by atomic mass is 16.4. The van der Waals surface area contributed by atoms with Gasteiger partial charge in [-0.3, -0.25) is 14.5 Å². The summed E-state index contributed by atoms with van der Waals surface area (Å²) in [6, 6.07) is 13.0. The van der Waals surface area contributed by atoms with Gasteiger partial charge in [0.05, 0.1) is 6.54 Å². The molecule has 0 radical (unpaired) electrons. The summed E-state index contributed by atoms with van der Waals surface area (Å²) in [5, 5.41) is 8.91. The largest absolute Gasteiger partial charge is 0.480 e. The van der Waals surface area contributed by atoms with Gasteiger partial charge in [-0.1, -0.05) is 43.7 Å². The highest BCUT2D eigenvalue weighted by molar-refractivity contribution is 6.09. The standard InChI is InChI=1S/C26H33N3O3/c1-6-17(3)22(7-2)23-12-11-21(13-18(23)4)26(32)28-25(27)20-10-8-9-19(14-20)15-29(5)16-24(30)31/h8-14H,6-7,15-16H2,1-5H3,(H,30,31)(H2,27,28,32)/b22-17+. The van der Waals surface area contributed by atoms with E-state index in [1.165, 1.54) is 16.7 Å². The van der Waals surface area contributed by atoms with Crippen LogP contribution in [0.15, 0.2) is 53.0 Å². The number of amides is 1. The van der Waals surface area contributed by atoms with Gasteiger partial charge in [0.15, 0.2) is 0 Å². The minimum Gasteiger partial charge on any atom is -0.480 e. The SMILES string of the molecule is CC/C(C)=C(\CC)c1ccc(C(=O)N=C(N)c2cccc(CN(C)CC(=O)O)c2)cc1C. The van der Waals surface area contributed by atoms with Gasteiger partial charge >= 0.3 is 5.97 Å². The molecule has 0 spiro atoms. The Kier molecular flexibility index (Phi) is 8.91. The summed E-state index contributed by atoms with van der Waals surface area (Å²) in [4.78, 5) is 29.4. The van der Waals surface area contributed by atoms with Gasteiger partial charge in [0.25, 0.3) is 5.91 Å². The summed E-state index contributed by atoms with van der Waals surface area (Å²) < 4.78 is 0. The minimum absolute atomic E-state index is 0.0612. The number of amidine groups is 1. The summed E-state index contributed by atoms with van der Waals surface area (Å²) in [5.41, 5.74) is 13.0. The fourth-order valence-electron chi connectivity index (χ4n) is 3.74. The second-order valence-corrected chi connectivity index (χ2v) is 8.06. The molecule has 6 heteroatoms. The van der Waals surface area contributed by atoms with Gasteiger partial charge in [-0.05, 0) is 74.2 Å². The molecule has 0 aliphatic heterocycles. The van der Waals surface area contributed by atoms with E-state index in [1.807, 2.05) is 37.3 Å². The second kappa shape index (κ2) is 11.4. The maximum atomic E-state index is 12.8. The number of aliphatic carboxylic acids is 1. The van der Waals surface area contributed by atoms with Crippen molar-refractivity contribution in [2.75, 3.05) is 13.6 Å². The number of allylic oxidation sites excluding steroid dienone is 2. The van der Waals surface area contributed by atoms with E-state index in [0.29, 0.717) is 17.7 Å². The molecule has 0 aromatic heterocycles. The van der Waals surface area contributed by atoms with Crippen LogP contribution in [0.25, 0.3) is 5.57 Å². The average Bonchev–Trinajstić information content (AvgIpc) is 2.74. The predicted molar refractivity (Wildman–Crippen MR) is 130 cm³/mol. The van der Waals surface area contributed by atoms with Crippen LogP contribution >= 0.6 is 0 Å². The highest BCUT2D eigenvalue weighted by Crippen LogP contribution is 2.27. The third-order valence-electron chi connectivity index (χ3n) is 5.50. The Morgan fingerprint density at radius 3 is 2.38 bits per heavy atom. The molecule has 0 saturated carbocycles. The molecule has 0 bridgehead atoms. The molecule has 0 aliphatic carbocycles. The number of carbonyl (C=O) groups is 2. The molecular formula is C26H33N3O3. The third kappa shape index (κ3) is 6.62. The lowest BCUT2D eigenvalue weighted by Crippen LogP contribution is -2.25. The van der Waals surface area contributed by atoms with Gasteiger partial charge in [0.2, 0.25) is 0 Å². The zero-order valence-electron chi connectivity index (χ0n) is 19.6. The Morgan fingerprint density at radius 2 is 1.78 bits per heavy atom. The monoisotopic (exact) mass is 435 g/mol. The van der Waals surface area contributed by atoms with Crippen molar-refractivity contribution in [3.05, 3.63) is 75.9 Å². The molecule has 0 heterocycles. The average molecular weight is 436 g/mol. The number of hydrogen-bond acceptors (Lipinski definition) is 3.